The van der Waals surface area contributed by atoms with Crippen LogP contribution in [0.5, 0.6) is 5.75 Å². The van der Waals surface area contributed by atoms with E-state index in [2.05, 4.69) is 46.7 Å². The van der Waals surface area contributed by atoms with Crippen molar-refractivity contribution >= 4 is 28.5 Å². The second kappa shape index (κ2) is 9.47. The predicted octanol–water partition coefficient (Wildman–Crippen LogP) is 3.15. The van der Waals surface area contributed by atoms with Crippen LogP contribution in [0.1, 0.15) is 26.7 Å². The lowest BCUT2D eigenvalue weighted by Gasteiger charge is -2.34. The summed E-state index contributed by atoms with van der Waals surface area (Å²) in [6.45, 7) is 8.89. The molecule has 1 aliphatic heterocycles. The van der Waals surface area contributed by atoms with Crippen molar-refractivity contribution in [3.05, 3.63) is 27.8 Å². The molecule has 0 aromatic heterocycles. The summed E-state index contributed by atoms with van der Waals surface area (Å²) in [5.74, 6) is 2.26. The molecule has 0 radical (unpaired) electrons. The quantitative estimate of drug-likeness (QED) is 0.534. The van der Waals surface area contributed by atoms with E-state index in [4.69, 9.17) is 4.74 Å². The molecule has 128 valence electrons. The third-order valence-corrected chi connectivity index (χ3v) is 4.82. The van der Waals surface area contributed by atoms with Crippen LogP contribution in [0.4, 0.5) is 0 Å². The zero-order chi connectivity index (χ0) is 16.7. The number of hydrogen-bond acceptors (Lipinski definition) is 3. The molecule has 1 aromatic carbocycles. The molecule has 4 nitrogen and oxygen atoms in total. The second-order valence-electron chi connectivity index (χ2n) is 6.65. The monoisotopic (exact) mass is 430 g/mol. The molecule has 0 aliphatic carbocycles. The van der Waals surface area contributed by atoms with Gasteiger partial charge in [0.25, 0.3) is 5.91 Å². The van der Waals surface area contributed by atoms with Gasteiger partial charge in [-0.1, -0.05) is 13.8 Å². The van der Waals surface area contributed by atoms with Gasteiger partial charge in [-0.2, -0.15) is 0 Å². The van der Waals surface area contributed by atoms with Gasteiger partial charge < -0.3 is 15.0 Å². The summed E-state index contributed by atoms with van der Waals surface area (Å²) in [4.78, 5) is 14.3. The van der Waals surface area contributed by atoms with Crippen molar-refractivity contribution in [2.24, 2.45) is 11.8 Å². The van der Waals surface area contributed by atoms with Crippen LogP contribution in [0.3, 0.4) is 0 Å². The minimum absolute atomic E-state index is 0.0519. The number of nitrogens with zero attached hydrogens (tertiary/aromatic N) is 1. The van der Waals surface area contributed by atoms with E-state index in [1.807, 2.05) is 24.3 Å². The number of piperidine rings is 1. The van der Waals surface area contributed by atoms with Gasteiger partial charge in [0.05, 0.1) is 0 Å². The number of rotatable bonds is 7. The first kappa shape index (κ1) is 18.5. The molecule has 1 heterocycles. The highest BCUT2D eigenvalue weighted by molar-refractivity contribution is 14.1. The Balaban J connectivity index is 1.57. The third-order valence-electron chi connectivity index (χ3n) is 4.10. The van der Waals surface area contributed by atoms with Crippen molar-refractivity contribution in [2.45, 2.75) is 26.7 Å². The first-order chi connectivity index (χ1) is 11.0. The number of halogens is 1. The number of carbonyl (C=O) groups is 1. The Bertz CT molecular complexity index is 482. The van der Waals surface area contributed by atoms with Crippen molar-refractivity contribution in [3.63, 3.8) is 0 Å². The molecule has 1 aliphatic rings. The number of nitrogens with one attached hydrogen (secondary N) is 1. The van der Waals surface area contributed by atoms with E-state index in [1.165, 1.54) is 19.5 Å². The van der Waals surface area contributed by atoms with E-state index in [0.29, 0.717) is 6.54 Å². The molecular weight excluding hydrogens is 403 g/mol. The highest BCUT2D eigenvalue weighted by Gasteiger charge is 2.20. The largest absolute Gasteiger partial charge is 0.484 e. The average molecular weight is 430 g/mol. The molecule has 0 bridgehead atoms. The van der Waals surface area contributed by atoms with Gasteiger partial charge in [0.2, 0.25) is 0 Å². The van der Waals surface area contributed by atoms with Crippen molar-refractivity contribution in [3.8, 4) is 5.75 Å². The van der Waals surface area contributed by atoms with Gasteiger partial charge >= 0.3 is 0 Å². The molecule has 1 amide bonds. The van der Waals surface area contributed by atoms with Gasteiger partial charge in [0.1, 0.15) is 5.75 Å². The van der Waals surface area contributed by atoms with E-state index >= 15 is 0 Å². The molecule has 1 N–H and O–H groups in total. The van der Waals surface area contributed by atoms with Gasteiger partial charge in [-0.3, -0.25) is 4.79 Å². The maximum absolute atomic E-state index is 11.8. The number of carbonyl (C=O) groups excluding carboxylic acids is 1. The van der Waals surface area contributed by atoms with E-state index < -0.39 is 0 Å². The van der Waals surface area contributed by atoms with Gasteiger partial charge in [-0.05, 0) is 78.1 Å². The van der Waals surface area contributed by atoms with Crippen LogP contribution in [-0.2, 0) is 4.79 Å². The summed E-state index contributed by atoms with van der Waals surface area (Å²) in [5.41, 5.74) is 0. The molecule has 2 rings (SSSR count). The normalized spacial score (nSPS) is 21.9. The second-order valence-corrected chi connectivity index (χ2v) is 7.90. The smallest absolute Gasteiger partial charge is 0.257 e. The molecule has 2 atom stereocenters. The van der Waals surface area contributed by atoms with Crippen LogP contribution in [0, 0.1) is 15.4 Å². The summed E-state index contributed by atoms with van der Waals surface area (Å²) >= 11 is 2.24. The summed E-state index contributed by atoms with van der Waals surface area (Å²) in [6.07, 6.45) is 2.33. The number of ether oxygens (including phenoxy) is 1. The molecule has 1 saturated heterocycles. The van der Waals surface area contributed by atoms with Gasteiger partial charge in [-0.25, -0.2) is 0 Å². The highest BCUT2D eigenvalue weighted by Crippen LogP contribution is 2.20. The lowest BCUT2D eigenvalue weighted by atomic mass is 9.92. The maximum Gasteiger partial charge on any atom is 0.257 e. The predicted molar refractivity (Wildman–Crippen MR) is 102 cm³/mol. The summed E-state index contributed by atoms with van der Waals surface area (Å²) in [6, 6.07) is 7.70. The Hall–Kier alpha value is -0.820. The molecule has 1 aromatic rings. The number of likely N-dealkylation sites (tertiary alicyclic amines) is 1. The van der Waals surface area contributed by atoms with Crippen molar-refractivity contribution in [1.29, 1.82) is 0 Å². The average Bonchev–Trinajstić information content (AvgIpc) is 2.50. The number of amides is 1. The highest BCUT2D eigenvalue weighted by atomic mass is 127. The number of hydrogen-bond donors (Lipinski definition) is 1. The molecular formula is C18H27IN2O2. The maximum atomic E-state index is 11.8. The Morgan fingerprint density at radius 1 is 1.26 bits per heavy atom. The van der Waals surface area contributed by atoms with Crippen LogP contribution < -0.4 is 10.1 Å². The molecule has 23 heavy (non-hydrogen) atoms. The Morgan fingerprint density at radius 3 is 2.57 bits per heavy atom. The Morgan fingerprint density at radius 2 is 1.91 bits per heavy atom. The van der Waals surface area contributed by atoms with Crippen molar-refractivity contribution in [2.75, 3.05) is 32.8 Å². The third kappa shape index (κ3) is 7.08. The van der Waals surface area contributed by atoms with E-state index in [0.717, 1.165) is 34.1 Å². The van der Waals surface area contributed by atoms with E-state index in [9.17, 15) is 4.79 Å². The number of benzene rings is 1. The van der Waals surface area contributed by atoms with Gasteiger partial charge in [0, 0.05) is 23.2 Å². The fraction of sp³-hybridized carbons (Fsp3) is 0.611. The first-order valence-corrected chi connectivity index (χ1v) is 9.48. The van der Waals surface area contributed by atoms with Crippen molar-refractivity contribution < 1.29 is 9.53 Å². The van der Waals surface area contributed by atoms with E-state index in [1.54, 1.807) is 0 Å². The minimum Gasteiger partial charge on any atom is -0.484 e. The lowest BCUT2D eigenvalue weighted by Crippen LogP contribution is -2.40. The summed E-state index contributed by atoms with van der Waals surface area (Å²) < 4.78 is 6.63. The fourth-order valence-corrected chi connectivity index (χ4v) is 3.60. The van der Waals surface area contributed by atoms with Crippen LogP contribution >= 0.6 is 22.6 Å². The SMILES string of the molecule is CC1CC(C)CN(CCCNC(=O)COc2ccc(I)cc2)C1. The van der Waals surface area contributed by atoms with Gasteiger partial charge in [0.15, 0.2) is 6.61 Å². The zero-order valence-electron chi connectivity index (χ0n) is 14.1. The topological polar surface area (TPSA) is 41.6 Å². The van der Waals surface area contributed by atoms with Crippen LogP contribution in [0.15, 0.2) is 24.3 Å². The van der Waals surface area contributed by atoms with Crippen LogP contribution in [0.25, 0.3) is 0 Å². The Kier molecular flexibility index (Phi) is 7.62. The van der Waals surface area contributed by atoms with E-state index in [-0.39, 0.29) is 12.5 Å². The Labute approximate surface area is 153 Å². The molecule has 1 fully saturated rings. The zero-order valence-corrected chi connectivity index (χ0v) is 16.2. The summed E-state index contributed by atoms with van der Waals surface area (Å²) in [5, 5.41) is 2.93. The molecule has 2 unspecified atom stereocenters. The summed E-state index contributed by atoms with van der Waals surface area (Å²) in [7, 11) is 0. The fourth-order valence-electron chi connectivity index (χ4n) is 3.24. The minimum atomic E-state index is -0.0519. The lowest BCUT2D eigenvalue weighted by molar-refractivity contribution is -0.123. The van der Waals surface area contributed by atoms with Gasteiger partial charge in [-0.15, -0.1) is 0 Å². The standard InChI is InChI=1S/C18H27IN2O2/c1-14-10-15(2)12-21(11-14)9-3-8-20-18(22)13-23-17-6-4-16(19)5-7-17/h4-7,14-15H,3,8-13H2,1-2H3,(H,20,22). The molecule has 0 saturated carbocycles. The van der Waals surface area contributed by atoms with Crippen LogP contribution in [0.2, 0.25) is 0 Å². The van der Waals surface area contributed by atoms with Crippen LogP contribution in [-0.4, -0.2) is 43.6 Å². The first-order valence-electron chi connectivity index (χ1n) is 8.40. The molecule has 5 heteroatoms. The van der Waals surface area contributed by atoms with Crippen molar-refractivity contribution in [1.82, 2.24) is 10.2 Å². The molecule has 0 spiro atoms.